The van der Waals surface area contributed by atoms with Crippen LogP contribution in [-0.2, 0) is 4.79 Å². The normalized spacial score (nSPS) is 13.8. The number of carbonyl (C=O) groups excluding carboxylic acids is 1. The van der Waals surface area contributed by atoms with Crippen molar-refractivity contribution in [2.24, 2.45) is 0 Å². The van der Waals surface area contributed by atoms with Crippen molar-refractivity contribution in [2.45, 2.75) is 0 Å². The van der Waals surface area contributed by atoms with Gasteiger partial charge in [0, 0.05) is 43.0 Å². The largest absolute Gasteiger partial charge is 0.497 e. The zero-order chi connectivity index (χ0) is 25.6. The van der Waals surface area contributed by atoms with Crippen LogP contribution < -0.4 is 20.1 Å². The van der Waals surface area contributed by atoms with Crippen molar-refractivity contribution >= 4 is 11.6 Å². The molecule has 8 nitrogen and oxygen atoms in total. The van der Waals surface area contributed by atoms with Gasteiger partial charge >= 0.3 is 0 Å². The van der Waals surface area contributed by atoms with E-state index < -0.39 is 0 Å². The van der Waals surface area contributed by atoms with Crippen molar-refractivity contribution in [3.8, 4) is 39.7 Å². The molecular weight excluding hydrogens is 466 g/mol. The van der Waals surface area contributed by atoms with Crippen LogP contribution in [0.4, 0.5) is 5.69 Å². The molecule has 0 aliphatic carbocycles. The fraction of sp³-hybridized carbons (Fsp3) is 0.241. The number of nitrogens with one attached hydrogen (secondary N) is 2. The van der Waals surface area contributed by atoms with Crippen LogP contribution in [0.3, 0.4) is 0 Å². The molecule has 1 amide bonds. The van der Waals surface area contributed by atoms with E-state index in [-0.39, 0.29) is 5.91 Å². The molecule has 190 valence electrons. The Balaban J connectivity index is 1.41. The van der Waals surface area contributed by atoms with E-state index in [1.165, 1.54) is 0 Å². The number of carbonyl (C=O) groups is 1. The number of rotatable bonds is 8. The van der Waals surface area contributed by atoms with Crippen molar-refractivity contribution in [1.29, 1.82) is 0 Å². The first-order valence-corrected chi connectivity index (χ1v) is 12.4. The Kier molecular flexibility index (Phi) is 7.49. The number of methoxy groups -OCH3 is 2. The number of amides is 1. The third-order valence-electron chi connectivity index (χ3n) is 6.45. The second kappa shape index (κ2) is 11.3. The molecule has 5 rings (SSSR count). The average molecular weight is 498 g/mol. The zero-order valence-corrected chi connectivity index (χ0v) is 21.1. The van der Waals surface area contributed by atoms with Crippen LogP contribution in [0, 0.1) is 0 Å². The summed E-state index contributed by atoms with van der Waals surface area (Å²) in [7, 11) is 3.31. The van der Waals surface area contributed by atoms with Gasteiger partial charge in [0.1, 0.15) is 11.5 Å². The smallest absolute Gasteiger partial charge is 0.238 e. The number of hydrogen-bond donors (Lipinski definition) is 2. The molecule has 0 bridgehead atoms. The first-order chi connectivity index (χ1) is 18.1. The highest BCUT2D eigenvalue weighted by Gasteiger charge is 2.16. The first kappa shape index (κ1) is 24.5. The Bertz CT molecular complexity index is 1330. The predicted molar refractivity (Wildman–Crippen MR) is 145 cm³/mol. The van der Waals surface area contributed by atoms with Gasteiger partial charge in [0.25, 0.3) is 0 Å². The minimum absolute atomic E-state index is 0.00514. The Morgan fingerprint density at radius 3 is 2.05 bits per heavy atom. The van der Waals surface area contributed by atoms with E-state index in [0.717, 1.165) is 71.6 Å². The number of piperazine rings is 1. The minimum Gasteiger partial charge on any atom is -0.497 e. The Morgan fingerprint density at radius 2 is 1.46 bits per heavy atom. The molecule has 0 spiro atoms. The molecular formula is C29H31N5O3. The molecule has 4 aromatic rings. The van der Waals surface area contributed by atoms with Crippen molar-refractivity contribution < 1.29 is 14.3 Å². The van der Waals surface area contributed by atoms with Gasteiger partial charge in [-0.05, 0) is 78.9 Å². The SMILES string of the molecule is COc1ccc(-c2cc(-c3ccc(OC)cc3)n(-c3ccc(NC(=O)CN4CCNCC4)cc3)n2)cc1. The van der Waals surface area contributed by atoms with Crippen LogP contribution in [-0.4, -0.2) is 67.5 Å². The molecule has 3 aromatic carbocycles. The molecule has 37 heavy (non-hydrogen) atoms. The quantitative estimate of drug-likeness (QED) is 0.382. The fourth-order valence-corrected chi connectivity index (χ4v) is 4.41. The third-order valence-corrected chi connectivity index (χ3v) is 6.45. The summed E-state index contributed by atoms with van der Waals surface area (Å²) in [4.78, 5) is 14.7. The average Bonchev–Trinajstić information content (AvgIpc) is 3.39. The molecule has 0 saturated carbocycles. The number of hydrogen-bond acceptors (Lipinski definition) is 6. The van der Waals surface area contributed by atoms with Crippen molar-refractivity contribution in [2.75, 3.05) is 52.3 Å². The molecule has 8 heteroatoms. The fourth-order valence-electron chi connectivity index (χ4n) is 4.41. The lowest BCUT2D eigenvalue weighted by Crippen LogP contribution is -2.46. The number of anilines is 1. The lowest BCUT2D eigenvalue weighted by molar-refractivity contribution is -0.117. The van der Waals surface area contributed by atoms with E-state index in [9.17, 15) is 4.79 Å². The lowest BCUT2D eigenvalue weighted by atomic mass is 10.1. The van der Waals surface area contributed by atoms with Crippen molar-refractivity contribution in [1.82, 2.24) is 20.0 Å². The first-order valence-electron chi connectivity index (χ1n) is 12.4. The second-order valence-electron chi connectivity index (χ2n) is 8.90. The van der Waals surface area contributed by atoms with Crippen LogP contribution in [0.2, 0.25) is 0 Å². The van der Waals surface area contributed by atoms with Crippen LogP contribution >= 0.6 is 0 Å². The van der Waals surface area contributed by atoms with Crippen LogP contribution in [0.25, 0.3) is 28.2 Å². The number of ether oxygens (including phenoxy) is 2. The number of aromatic nitrogens is 2. The van der Waals surface area contributed by atoms with Gasteiger partial charge in [-0.25, -0.2) is 4.68 Å². The zero-order valence-electron chi connectivity index (χ0n) is 21.1. The number of nitrogens with zero attached hydrogens (tertiary/aromatic N) is 3. The van der Waals surface area contributed by atoms with Gasteiger partial charge in [-0.3, -0.25) is 9.69 Å². The highest BCUT2D eigenvalue weighted by Crippen LogP contribution is 2.31. The summed E-state index contributed by atoms with van der Waals surface area (Å²) in [6, 6.07) is 25.6. The van der Waals surface area contributed by atoms with Gasteiger partial charge in [-0.15, -0.1) is 0 Å². The molecule has 2 N–H and O–H groups in total. The molecule has 1 saturated heterocycles. The summed E-state index contributed by atoms with van der Waals surface area (Å²) in [5.74, 6) is 1.59. The Morgan fingerprint density at radius 1 is 0.865 bits per heavy atom. The summed E-state index contributed by atoms with van der Waals surface area (Å²) in [6.07, 6.45) is 0. The van der Waals surface area contributed by atoms with Crippen LogP contribution in [0.15, 0.2) is 78.9 Å². The summed E-state index contributed by atoms with van der Waals surface area (Å²) in [6.45, 7) is 4.00. The maximum atomic E-state index is 12.5. The molecule has 1 aromatic heterocycles. The highest BCUT2D eigenvalue weighted by molar-refractivity contribution is 5.92. The maximum absolute atomic E-state index is 12.5. The number of benzene rings is 3. The van der Waals surface area contributed by atoms with Gasteiger partial charge in [-0.2, -0.15) is 5.10 Å². The summed E-state index contributed by atoms with van der Waals surface area (Å²) in [5, 5.41) is 11.3. The van der Waals surface area contributed by atoms with Crippen molar-refractivity contribution in [3.63, 3.8) is 0 Å². The molecule has 1 aliphatic heterocycles. The Hall–Kier alpha value is -4.14. The minimum atomic E-state index is -0.00514. The van der Waals surface area contributed by atoms with Gasteiger partial charge < -0.3 is 20.1 Å². The summed E-state index contributed by atoms with van der Waals surface area (Å²) >= 11 is 0. The van der Waals surface area contributed by atoms with Gasteiger partial charge in [0.15, 0.2) is 0 Å². The highest BCUT2D eigenvalue weighted by atomic mass is 16.5. The molecule has 2 heterocycles. The molecule has 1 aliphatic rings. The summed E-state index contributed by atoms with van der Waals surface area (Å²) < 4.78 is 12.6. The van der Waals surface area contributed by atoms with Gasteiger partial charge in [0.2, 0.25) is 5.91 Å². The maximum Gasteiger partial charge on any atom is 0.238 e. The van der Waals surface area contributed by atoms with Gasteiger partial charge in [-0.1, -0.05) is 0 Å². The topological polar surface area (TPSA) is 80.7 Å². The van der Waals surface area contributed by atoms with E-state index in [2.05, 4.69) is 21.6 Å². The van der Waals surface area contributed by atoms with Crippen LogP contribution in [0.1, 0.15) is 0 Å². The monoisotopic (exact) mass is 497 g/mol. The lowest BCUT2D eigenvalue weighted by Gasteiger charge is -2.26. The Labute approximate surface area is 216 Å². The van der Waals surface area contributed by atoms with Crippen molar-refractivity contribution in [3.05, 3.63) is 78.9 Å². The van der Waals surface area contributed by atoms with E-state index in [4.69, 9.17) is 14.6 Å². The van der Waals surface area contributed by atoms with E-state index >= 15 is 0 Å². The summed E-state index contributed by atoms with van der Waals surface area (Å²) in [5.41, 5.74) is 5.46. The van der Waals surface area contributed by atoms with Crippen LogP contribution in [0.5, 0.6) is 11.5 Å². The molecule has 0 radical (unpaired) electrons. The van der Waals surface area contributed by atoms with E-state index in [0.29, 0.717) is 6.54 Å². The van der Waals surface area contributed by atoms with Gasteiger partial charge in [0.05, 0.1) is 37.8 Å². The predicted octanol–water partition coefficient (Wildman–Crippen LogP) is 4.07. The van der Waals surface area contributed by atoms with E-state index in [1.54, 1.807) is 14.2 Å². The van der Waals surface area contributed by atoms with E-state index in [1.807, 2.05) is 77.5 Å². The standard InChI is InChI=1S/C29H31N5O3/c1-36-25-11-3-21(4-12-25)27-19-28(22-5-13-26(37-2)14-6-22)34(32-27)24-9-7-23(8-10-24)31-29(35)20-33-17-15-30-16-18-33/h3-14,19,30H,15-18,20H2,1-2H3,(H,31,35). The third kappa shape index (κ3) is 5.82. The molecule has 1 fully saturated rings. The molecule has 0 unspecified atom stereocenters. The second-order valence-corrected chi connectivity index (χ2v) is 8.90. The molecule has 0 atom stereocenters.